The monoisotopic (exact) mass is 212 g/mol. The maximum absolute atomic E-state index is 10.5. The molecule has 84 valence electrons. The summed E-state index contributed by atoms with van der Waals surface area (Å²) in [4.78, 5) is 10.5. The SMILES string of the molecule is CC(C)n1ccc(CO[C@@H](C)C(=O)O)n1. The van der Waals surface area contributed by atoms with E-state index >= 15 is 0 Å². The predicted octanol–water partition coefficient (Wildman–Crippen LogP) is 1.45. The lowest BCUT2D eigenvalue weighted by Gasteiger charge is -2.07. The molecule has 0 aliphatic heterocycles. The van der Waals surface area contributed by atoms with Crippen molar-refractivity contribution in [2.45, 2.75) is 39.5 Å². The summed E-state index contributed by atoms with van der Waals surface area (Å²) in [6.07, 6.45) is 1.06. The van der Waals surface area contributed by atoms with Crippen LogP contribution in [0.15, 0.2) is 12.3 Å². The highest BCUT2D eigenvalue weighted by Gasteiger charge is 2.11. The third-order valence-corrected chi connectivity index (χ3v) is 2.02. The van der Waals surface area contributed by atoms with E-state index in [-0.39, 0.29) is 6.61 Å². The van der Waals surface area contributed by atoms with Crippen molar-refractivity contribution in [3.63, 3.8) is 0 Å². The standard InChI is InChI=1S/C10H16N2O3/c1-7(2)12-5-4-9(11-12)6-15-8(3)10(13)14/h4-5,7-8H,6H2,1-3H3,(H,13,14)/t8-/m0/s1. The van der Waals surface area contributed by atoms with Crippen molar-refractivity contribution in [2.24, 2.45) is 0 Å². The molecule has 5 heteroatoms. The van der Waals surface area contributed by atoms with Gasteiger partial charge in [0.25, 0.3) is 0 Å². The maximum Gasteiger partial charge on any atom is 0.332 e. The fourth-order valence-electron chi connectivity index (χ4n) is 1.02. The molecule has 1 aromatic rings. The van der Waals surface area contributed by atoms with Crippen LogP contribution in [0, 0.1) is 0 Å². The lowest BCUT2D eigenvalue weighted by atomic mass is 10.4. The third-order valence-electron chi connectivity index (χ3n) is 2.02. The minimum Gasteiger partial charge on any atom is -0.479 e. The van der Waals surface area contributed by atoms with Crippen LogP contribution >= 0.6 is 0 Å². The number of hydrogen-bond donors (Lipinski definition) is 1. The Morgan fingerprint density at radius 3 is 2.73 bits per heavy atom. The van der Waals surface area contributed by atoms with Crippen LogP contribution in [0.25, 0.3) is 0 Å². The normalized spacial score (nSPS) is 13.1. The number of rotatable bonds is 5. The van der Waals surface area contributed by atoms with Gasteiger partial charge in [0.2, 0.25) is 0 Å². The Balaban J connectivity index is 2.47. The second-order valence-corrected chi connectivity index (χ2v) is 3.67. The van der Waals surface area contributed by atoms with Crippen LogP contribution in [-0.4, -0.2) is 27.0 Å². The zero-order chi connectivity index (χ0) is 11.4. The highest BCUT2D eigenvalue weighted by atomic mass is 16.5. The first-order chi connectivity index (χ1) is 7.00. The van der Waals surface area contributed by atoms with E-state index in [1.807, 2.05) is 30.8 Å². The van der Waals surface area contributed by atoms with Gasteiger partial charge in [0.05, 0.1) is 12.3 Å². The molecule has 0 bridgehead atoms. The number of ether oxygens (including phenoxy) is 1. The summed E-state index contributed by atoms with van der Waals surface area (Å²) in [5.74, 6) is -0.960. The van der Waals surface area contributed by atoms with Gasteiger partial charge in [0.1, 0.15) is 0 Å². The first-order valence-corrected chi connectivity index (χ1v) is 4.89. The highest BCUT2D eigenvalue weighted by Crippen LogP contribution is 2.06. The van der Waals surface area contributed by atoms with Crippen molar-refractivity contribution in [2.75, 3.05) is 0 Å². The molecular weight excluding hydrogens is 196 g/mol. The van der Waals surface area contributed by atoms with Gasteiger partial charge in [-0.05, 0) is 26.8 Å². The molecule has 1 heterocycles. The molecule has 1 aromatic heterocycles. The Kier molecular flexibility index (Phi) is 3.85. The fraction of sp³-hybridized carbons (Fsp3) is 0.600. The van der Waals surface area contributed by atoms with Crippen LogP contribution < -0.4 is 0 Å². The van der Waals surface area contributed by atoms with Crippen LogP contribution in [0.2, 0.25) is 0 Å². The van der Waals surface area contributed by atoms with Gasteiger partial charge in [-0.3, -0.25) is 4.68 Å². The number of carbonyl (C=O) groups is 1. The van der Waals surface area contributed by atoms with Crippen LogP contribution in [0.1, 0.15) is 32.5 Å². The van der Waals surface area contributed by atoms with Crippen LogP contribution in [0.4, 0.5) is 0 Å². The fourth-order valence-corrected chi connectivity index (χ4v) is 1.02. The van der Waals surface area contributed by atoms with Gasteiger partial charge in [-0.2, -0.15) is 5.10 Å². The molecule has 0 fully saturated rings. The molecule has 0 saturated carbocycles. The molecule has 0 amide bonds. The number of carboxylic acid groups (broad SMARTS) is 1. The van der Waals surface area contributed by atoms with Crippen molar-refractivity contribution in [3.8, 4) is 0 Å². The van der Waals surface area contributed by atoms with Crippen LogP contribution in [0.3, 0.4) is 0 Å². The minimum absolute atomic E-state index is 0.229. The number of aromatic nitrogens is 2. The second-order valence-electron chi connectivity index (χ2n) is 3.67. The summed E-state index contributed by atoms with van der Waals surface area (Å²) in [6.45, 7) is 5.78. The van der Waals surface area contributed by atoms with Crippen molar-refractivity contribution in [3.05, 3.63) is 18.0 Å². The van der Waals surface area contributed by atoms with Gasteiger partial charge in [-0.25, -0.2) is 4.79 Å². The summed E-state index contributed by atoms with van der Waals surface area (Å²) in [5.41, 5.74) is 0.747. The quantitative estimate of drug-likeness (QED) is 0.802. The molecule has 0 aliphatic rings. The van der Waals surface area contributed by atoms with Crippen molar-refractivity contribution in [1.29, 1.82) is 0 Å². The van der Waals surface area contributed by atoms with E-state index in [1.165, 1.54) is 6.92 Å². The van der Waals surface area contributed by atoms with Crippen molar-refractivity contribution >= 4 is 5.97 Å². The van der Waals surface area contributed by atoms with Crippen molar-refractivity contribution < 1.29 is 14.6 Å². The predicted molar refractivity (Wildman–Crippen MR) is 54.5 cm³/mol. The maximum atomic E-state index is 10.5. The molecule has 5 nitrogen and oxygen atoms in total. The Bertz CT molecular complexity index is 333. The molecule has 0 spiro atoms. The van der Waals surface area contributed by atoms with Gasteiger partial charge >= 0.3 is 5.97 Å². The first-order valence-electron chi connectivity index (χ1n) is 4.89. The molecule has 1 rings (SSSR count). The molecule has 0 aromatic carbocycles. The molecule has 0 saturated heterocycles. The zero-order valence-corrected chi connectivity index (χ0v) is 9.17. The van der Waals surface area contributed by atoms with Crippen molar-refractivity contribution in [1.82, 2.24) is 9.78 Å². The van der Waals surface area contributed by atoms with E-state index in [9.17, 15) is 4.79 Å². The molecule has 1 N–H and O–H groups in total. The van der Waals surface area contributed by atoms with Gasteiger partial charge in [0, 0.05) is 12.2 Å². The van der Waals surface area contributed by atoms with E-state index in [4.69, 9.17) is 9.84 Å². The molecule has 15 heavy (non-hydrogen) atoms. The summed E-state index contributed by atoms with van der Waals surface area (Å²) >= 11 is 0. The van der Waals surface area contributed by atoms with Crippen LogP contribution in [-0.2, 0) is 16.1 Å². The number of nitrogens with zero attached hydrogens (tertiary/aromatic N) is 2. The Morgan fingerprint density at radius 2 is 2.27 bits per heavy atom. The average Bonchev–Trinajstić information content (AvgIpc) is 2.62. The lowest BCUT2D eigenvalue weighted by molar-refractivity contribution is -0.149. The number of hydrogen-bond acceptors (Lipinski definition) is 3. The zero-order valence-electron chi connectivity index (χ0n) is 9.17. The Hall–Kier alpha value is -1.36. The van der Waals surface area contributed by atoms with Gasteiger partial charge < -0.3 is 9.84 Å². The first kappa shape index (κ1) is 11.7. The van der Waals surface area contributed by atoms with Gasteiger partial charge in [-0.15, -0.1) is 0 Å². The second kappa shape index (κ2) is 4.93. The summed E-state index contributed by atoms with van der Waals surface area (Å²) in [5, 5.41) is 12.8. The minimum atomic E-state index is -0.960. The topological polar surface area (TPSA) is 64.3 Å². The summed E-state index contributed by atoms with van der Waals surface area (Å²) in [7, 11) is 0. The molecule has 0 aliphatic carbocycles. The molecule has 0 radical (unpaired) electrons. The van der Waals surface area contributed by atoms with E-state index in [2.05, 4.69) is 5.10 Å². The highest BCUT2D eigenvalue weighted by molar-refractivity contribution is 5.71. The van der Waals surface area contributed by atoms with E-state index < -0.39 is 12.1 Å². The molecular formula is C10H16N2O3. The molecule has 1 atom stereocenters. The number of carboxylic acids is 1. The van der Waals surface area contributed by atoms with E-state index in [0.29, 0.717) is 6.04 Å². The largest absolute Gasteiger partial charge is 0.479 e. The van der Waals surface area contributed by atoms with Crippen LogP contribution in [0.5, 0.6) is 0 Å². The van der Waals surface area contributed by atoms with Gasteiger partial charge in [-0.1, -0.05) is 0 Å². The number of aliphatic carboxylic acids is 1. The average molecular weight is 212 g/mol. The summed E-state index contributed by atoms with van der Waals surface area (Å²) in [6, 6.07) is 2.13. The van der Waals surface area contributed by atoms with E-state index in [0.717, 1.165) is 5.69 Å². The Labute approximate surface area is 88.7 Å². The van der Waals surface area contributed by atoms with Gasteiger partial charge in [0.15, 0.2) is 6.10 Å². The molecule has 0 unspecified atom stereocenters. The Morgan fingerprint density at radius 1 is 1.60 bits per heavy atom. The van der Waals surface area contributed by atoms with E-state index in [1.54, 1.807) is 0 Å². The lowest BCUT2D eigenvalue weighted by Crippen LogP contribution is -2.19. The smallest absolute Gasteiger partial charge is 0.332 e. The third kappa shape index (κ3) is 3.36. The summed E-state index contributed by atoms with van der Waals surface area (Å²) < 4.78 is 6.92.